The monoisotopic (exact) mass is 422 g/mol. The van der Waals surface area contributed by atoms with Crippen LogP contribution in [0.3, 0.4) is 0 Å². The first-order chi connectivity index (χ1) is 14.3. The molecule has 1 heterocycles. The van der Waals surface area contributed by atoms with Gasteiger partial charge in [0.05, 0.1) is 16.8 Å². The molecule has 1 aromatic heterocycles. The van der Waals surface area contributed by atoms with E-state index in [-0.39, 0.29) is 17.5 Å². The number of carbonyl (C=O) groups excluding carboxylic acids is 1. The number of aromatic nitrogens is 1. The first-order valence-corrected chi connectivity index (χ1v) is 10.6. The van der Waals surface area contributed by atoms with Crippen LogP contribution in [0.25, 0.3) is 11.3 Å². The van der Waals surface area contributed by atoms with Crippen molar-refractivity contribution in [1.82, 2.24) is 9.88 Å². The van der Waals surface area contributed by atoms with Crippen molar-refractivity contribution in [2.24, 2.45) is 5.92 Å². The summed E-state index contributed by atoms with van der Waals surface area (Å²) in [6.07, 6.45) is 2.48. The molecule has 0 spiro atoms. The molecule has 2 fully saturated rings. The van der Waals surface area contributed by atoms with E-state index >= 15 is 0 Å². The molecule has 30 heavy (non-hydrogen) atoms. The summed E-state index contributed by atoms with van der Waals surface area (Å²) >= 11 is 0. The molecule has 162 valence electrons. The second kappa shape index (κ2) is 8.08. The van der Waals surface area contributed by atoms with E-state index in [1.54, 1.807) is 13.0 Å². The van der Waals surface area contributed by atoms with E-state index in [1.807, 2.05) is 4.57 Å². The van der Waals surface area contributed by atoms with Crippen LogP contribution in [0.1, 0.15) is 66.6 Å². The number of nitrogens with one attached hydrogen (secondary N) is 1. The molecule has 1 aromatic carbocycles. The van der Waals surface area contributed by atoms with Crippen molar-refractivity contribution in [3.05, 3.63) is 46.9 Å². The van der Waals surface area contributed by atoms with Gasteiger partial charge in [-0.05, 0) is 56.7 Å². The third-order valence-corrected chi connectivity index (χ3v) is 6.27. The minimum absolute atomic E-state index is 0.117. The largest absolute Gasteiger partial charge is 0.419 e. The van der Waals surface area contributed by atoms with Gasteiger partial charge in [-0.1, -0.05) is 25.3 Å². The Morgan fingerprint density at radius 1 is 1.13 bits per heavy atom. The van der Waals surface area contributed by atoms with Gasteiger partial charge in [-0.25, -0.2) is 4.39 Å². The zero-order valence-electron chi connectivity index (χ0n) is 17.0. The lowest BCUT2D eigenvalue weighted by Gasteiger charge is -2.22. The molecule has 2 aliphatic rings. The molecule has 0 unspecified atom stereocenters. The second-order valence-corrected chi connectivity index (χ2v) is 8.56. The molecule has 7 heteroatoms. The zero-order valence-corrected chi connectivity index (χ0v) is 17.0. The van der Waals surface area contributed by atoms with Crippen molar-refractivity contribution < 1.29 is 22.4 Å². The number of carbonyl (C=O) groups is 1. The molecule has 0 radical (unpaired) electrons. The summed E-state index contributed by atoms with van der Waals surface area (Å²) < 4.78 is 56.4. The molecule has 0 saturated heterocycles. The molecular formula is C23H26F4N2O. The Morgan fingerprint density at radius 3 is 2.47 bits per heavy atom. The topological polar surface area (TPSA) is 34.0 Å². The van der Waals surface area contributed by atoms with E-state index in [2.05, 4.69) is 5.32 Å². The minimum atomic E-state index is -4.77. The molecule has 1 amide bonds. The van der Waals surface area contributed by atoms with Crippen LogP contribution >= 0.6 is 0 Å². The van der Waals surface area contributed by atoms with Gasteiger partial charge in [0.1, 0.15) is 5.82 Å². The zero-order chi connectivity index (χ0) is 21.5. The summed E-state index contributed by atoms with van der Waals surface area (Å²) in [5.41, 5.74) is 0.00201. The maximum atomic E-state index is 14.9. The third-order valence-electron chi connectivity index (χ3n) is 6.27. The molecule has 2 aromatic rings. The van der Waals surface area contributed by atoms with Gasteiger partial charge in [-0.2, -0.15) is 13.2 Å². The Labute approximate surface area is 173 Å². The SMILES string of the molecule is Cc1c(C(=O)NC2CCCCC2)cc(-c2cccc(C(F)(F)F)c2F)n1CC1CC1. The highest BCUT2D eigenvalue weighted by atomic mass is 19.4. The highest BCUT2D eigenvalue weighted by Crippen LogP contribution is 2.39. The molecule has 2 aliphatic carbocycles. The number of rotatable bonds is 5. The number of alkyl halides is 3. The fraction of sp³-hybridized carbons (Fsp3) is 0.522. The van der Waals surface area contributed by atoms with Crippen molar-refractivity contribution >= 4 is 5.91 Å². The van der Waals surface area contributed by atoms with Gasteiger partial charge in [0.15, 0.2) is 0 Å². The number of halogens is 4. The van der Waals surface area contributed by atoms with E-state index in [9.17, 15) is 22.4 Å². The van der Waals surface area contributed by atoms with E-state index in [4.69, 9.17) is 0 Å². The smallest absolute Gasteiger partial charge is 0.349 e. The summed E-state index contributed by atoms with van der Waals surface area (Å²) in [6, 6.07) is 4.98. The van der Waals surface area contributed by atoms with Crippen molar-refractivity contribution in [2.75, 3.05) is 0 Å². The van der Waals surface area contributed by atoms with Gasteiger partial charge in [0.25, 0.3) is 5.91 Å². The lowest BCUT2D eigenvalue weighted by Crippen LogP contribution is -2.36. The normalized spacial score (nSPS) is 17.9. The number of hydrogen-bond acceptors (Lipinski definition) is 1. The van der Waals surface area contributed by atoms with E-state index in [1.165, 1.54) is 18.6 Å². The summed E-state index contributed by atoms with van der Waals surface area (Å²) in [4.78, 5) is 12.9. The highest BCUT2D eigenvalue weighted by molar-refractivity contribution is 5.97. The van der Waals surface area contributed by atoms with Gasteiger partial charge in [0, 0.05) is 23.8 Å². The molecule has 3 nitrogen and oxygen atoms in total. The van der Waals surface area contributed by atoms with Crippen molar-refractivity contribution in [3.63, 3.8) is 0 Å². The van der Waals surface area contributed by atoms with Crippen LogP contribution in [-0.2, 0) is 12.7 Å². The Hall–Kier alpha value is -2.31. The number of hydrogen-bond donors (Lipinski definition) is 1. The van der Waals surface area contributed by atoms with Crippen molar-refractivity contribution in [2.45, 2.75) is 70.6 Å². The molecule has 0 bridgehead atoms. The van der Waals surface area contributed by atoms with Gasteiger partial charge >= 0.3 is 6.18 Å². The van der Waals surface area contributed by atoms with Gasteiger partial charge in [-0.15, -0.1) is 0 Å². The van der Waals surface area contributed by atoms with Crippen LogP contribution in [0, 0.1) is 18.7 Å². The maximum Gasteiger partial charge on any atom is 0.419 e. The first-order valence-electron chi connectivity index (χ1n) is 10.6. The average molecular weight is 422 g/mol. The van der Waals surface area contributed by atoms with Gasteiger partial charge in [-0.3, -0.25) is 4.79 Å². The fourth-order valence-electron chi connectivity index (χ4n) is 4.35. The van der Waals surface area contributed by atoms with Crippen LogP contribution < -0.4 is 5.32 Å². The van der Waals surface area contributed by atoms with Gasteiger partial charge < -0.3 is 9.88 Å². The van der Waals surface area contributed by atoms with Crippen LogP contribution in [0.2, 0.25) is 0 Å². The average Bonchev–Trinajstić information content (AvgIpc) is 3.46. The first kappa shape index (κ1) is 20.9. The standard InChI is InChI=1S/C23H26F4N2O/c1-14-18(22(30)28-16-6-3-2-4-7-16)12-20(29(14)13-15-10-11-15)17-8-5-9-19(21(17)24)23(25,26)27/h5,8-9,12,15-16H,2-4,6-7,10-11,13H2,1H3,(H,28,30). The second-order valence-electron chi connectivity index (χ2n) is 8.56. The maximum absolute atomic E-state index is 14.9. The quantitative estimate of drug-likeness (QED) is 0.581. The van der Waals surface area contributed by atoms with Crippen LogP contribution in [-0.4, -0.2) is 16.5 Å². The predicted molar refractivity (Wildman–Crippen MR) is 107 cm³/mol. The lowest BCUT2D eigenvalue weighted by molar-refractivity contribution is -0.139. The molecule has 0 aliphatic heterocycles. The third kappa shape index (κ3) is 4.25. The number of benzene rings is 1. The Morgan fingerprint density at radius 2 is 1.83 bits per heavy atom. The highest BCUT2D eigenvalue weighted by Gasteiger charge is 2.36. The summed E-state index contributed by atoms with van der Waals surface area (Å²) in [6.45, 7) is 2.36. The molecule has 1 N–H and O–H groups in total. The molecule has 2 saturated carbocycles. The van der Waals surface area contributed by atoms with Crippen LogP contribution in [0.15, 0.2) is 24.3 Å². The van der Waals surface area contributed by atoms with Crippen molar-refractivity contribution in [3.8, 4) is 11.3 Å². The lowest BCUT2D eigenvalue weighted by atomic mass is 9.95. The Bertz CT molecular complexity index is 937. The fourth-order valence-corrected chi connectivity index (χ4v) is 4.35. The number of amides is 1. The van der Waals surface area contributed by atoms with Crippen LogP contribution in [0.4, 0.5) is 17.6 Å². The molecule has 0 atom stereocenters. The molecule has 4 rings (SSSR count). The van der Waals surface area contributed by atoms with E-state index < -0.39 is 17.6 Å². The number of nitrogens with zero attached hydrogens (tertiary/aromatic N) is 1. The van der Waals surface area contributed by atoms with Crippen molar-refractivity contribution in [1.29, 1.82) is 0 Å². The summed E-state index contributed by atoms with van der Waals surface area (Å²) in [5.74, 6) is -1.11. The van der Waals surface area contributed by atoms with Crippen LogP contribution in [0.5, 0.6) is 0 Å². The Kier molecular flexibility index (Phi) is 5.64. The summed E-state index contributed by atoms with van der Waals surface area (Å²) in [5, 5.41) is 3.06. The predicted octanol–water partition coefficient (Wildman–Crippen LogP) is 6.09. The van der Waals surface area contributed by atoms with E-state index in [0.29, 0.717) is 29.4 Å². The minimum Gasteiger partial charge on any atom is -0.349 e. The van der Waals surface area contributed by atoms with E-state index in [0.717, 1.165) is 44.6 Å². The van der Waals surface area contributed by atoms with Gasteiger partial charge in [0.2, 0.25) is 0 Å². The molecular weight excluding hydrogens is 396 g/mol. The summed E-state index contributed by atoms with van der Waals surface area (Å²) in [7, 11) is 0. The Balaban J connectivity index is 1.72.